The largest absolute Gasteiger partial charge is 0.387 e. The van der Waals surface area contributed by atoms with E-state index in [0.29, 0.717) is 12.1 Å². The van der Waals surface area contributed by atoms with Crippen molar-refractivity contribution in [1.29, 1.82) is 0 Å². The Hall–Kier alpha value is -0.900. The Labute approximate surface area is 116 Å². The molecule has 1 aliphatic rings. The molecule has 1 saturated heterocycles. The summed E-state index contributed by atoms with van der Waals surface area (Å²) in [5.74, 6) is 0. The summed E-state index contributed by atoms with van der Waals surface area (Å²) in [6.07, 6.45) is -0.413. The lowest BCUT2D eigenvalue weighted by Gasteiger charge is -2.45. The number of rotatable bonds is 3. The second-order valence-corrected chi connectivity index (χ2v) is 5.91. The zero-order valence-electron chi connectivity index (χ0n) is 12.5. The number of nitrogens with zero attached hydrogens (tertiary/aromatic N) is 2. The van der Waals surface area contributed by atoms with Gasteiger partial charge in [-0.2, -0.15) is 0 Å². The number of aliphatic hydroxyl groups excluding tert-OH is 1. The third kappa shape index (κ3) is 3.16. The average Bonchev–Trinajstić information content (AvgIpc) is 2.43. The lowest BCUT2D eigenvalue weighted by Crippen LogP contribution is -2.57. The van der Waals surface area contributed by atoms with Crippen LogP contribution in [0.1, 0.15) is 32.4 Å². The molecule has 106 valence electrons. The first-order valence-electron chi connectivity index (χ1n) is 7.19. The molecular formula is C16H26N2O. The molecule has 3 heteroatoms. The average molecular weight is 262 g/mol. The number of hydrogen-bond donors (Lipinski definition) is 1. The molecule has 1 fully saturated rings. The van der Waals surface area contributed by atoms with Crippen LogP contribution in [0.15, 0.2) is 30.3 Å². The van der Waals surface area contributed by atoms with E-state index < -0.39 is 6.10 Å². The molecule has 0 bridgehead atoms. The summed E-state index contributed by atoms with van der Waals surface area (Å²) >= 11 is 0. The Morgan fingerprint density at radius 3 is 2.16 bits per heavy atom. The second-order valence-electron chi connectivity index (χ2n) is 5.91. The van der Waals surface area contributed by atoms with E-state index in [4.69, 9.17) is 0 Å². The van der Waals surface area contributed by atoms with Crippen LogP contribution in [0.25, 0.3) is 0 Å². The van der Waals surface area contributed by atoms with Gasteiger partial charge in [-0.05, 0) is 33.4 Å². The molecule has 1 heterocycles. The highest BCUT2D eigenvalue weighted by molar-refractivity contribution is 5.18. The number of hydrogen-bond acceptors (Lipinski definition) is 3. The second kappa shape index (κ2) is 6.04. The lowest BCUT2D eigenvalue weighted by molar-refractivity contribution is -0.00808. The van der Waals surface area contributed by atoms with Gasteiger partial charge in [0.05, 0.1) is 6.10 Å². The third-order valence-corrected chi connectivity index (χ3v) is 4.56. The highest BCUT2D eigenvalue weighted by atomic mass is 16.3. The summed E-state index contributed by atoms with van der Waals surface area (Å²) in [5.41, 5.74) is 1.01. The molecule has 1 aromatic rings. The molecule has 4 unspecified atom stereocenters. The number of piperazine rings is 1. The molecule has 0 radical (unpaired) electrons. The predicted molar refractivity (Wildman–Crippen MR) is 79.1 cm³/mol. The van der Waals surface area contributed by atoms with Crippen LogP contribution in [0.2, 0.25) is 0 Å². The zero-order chi connectivity index (χ0) is 14.0. The van der Waals surface area contributed by atoms with Gasteiger partial charge in [-0.1, -0.05) is 30.3 Å². The standard InChI is InChI=1S/C16H26N2O/c1-12-10-18(11-13(2)17(12)4)14(3)16(19)15-8-6-5-7-9-15/h5-9,12-14,16,19H,10-11H2,1-4H3. The first kappa shape index (κ1) is 14.5. The van der Waals surface area contributed by atoms with E-state index in [-0.39, 0.29) is 6.04 Å². The molecule has 1 N–H and O–H groups in total. The van der Waals surface area contributed by atoms with Crippen molar-refractivity contribution in [1.82, 2.24) is 9.80 Å². The Kier molecular flexibility index (Phi) is 4.61. The van der Waals surface area contributed by atoms with Crippen molar-refractivity contribution < 1.29 is 5.11 Å². The van der Waals surface area contributed by atoms with Gasteiger partial charge in [-0.15, -0.1) is 0 Å². The number of benzene rings is 1. The molecule has 0 amide bonds. The van der Waals surface area contributed by atoms with E-state index in [2.05, 4.69) is 37.6 Å². The van der Waals surface area contributed by atoms with Crippen LogP contribution in [0.4, 0.5) is 0 Å². The van der Waals surface area contributed by atoms with Crippen molar-refractivity contribution in [2.75, 3.05) is 20.1 Å². The smallest absolute Gasteiger partial charge is 0.0942 e. The van der Waals surface area contributed by atoms with Crippen molar-refractivity contribution >= 4 is 0 Å². The van der Waals surface area contributed by atoms with Gasteiger partial charge in [-0.3, -0.25) is 9.80 Å². The summed E-state index contributed by atoms with van der Waals surface area (Å²) < 4.78 is 0. The van der Waals surface area contributed by atoms with Crippen LogP contribution >= 0.6 is 0 Å². The molecule has 0 spiro atoms. The summed E-state index contributed by atoms with van der Waals surface area (Å²) in [7, 11) is 2.19. The first-order valence-corrected chi connectivity index (χ1v) is 7.19. The summed E-state index contributed by atoms with van der Waals surface area (Å²) in [5, 5.41) is 10.5. The maximum Gasteiger partial charge on any atom is 0.0942 e. The third-order valence-electron chi connectivity index (χ3n) is 4.56. The van der Waals surface area contributed by atoms with E-state index in [9.17, 15) is 5.11 Å². The van der Waals surface area contributed by atoms with E-state index in [1.54, 1.807) is 0 Å². The van der Waals surface area contributed by atoms with Gasteiger partial charge < -0.3 is 5.11 Å². The fourth-order valence-corrected chi connectivity index (χ4v) is 2.91. The number of aliphatic hydroxyl groups is 1. The Balaban J connectivity index is 2.05. The maximum atomic E-state index is 10.5. The number of likely N-dealkylation sites (N-methyl/N-ethyl adjacent to an activating group) is 1. The Bertz CT molecular complexity index is 383. The summed E-state index contributed by atoms with van der Waals surface area (Å²) in [6, 6.07) is 11.2. The van der Waals surface area contributed by atoms with Gasteiger partial charge in [0.25, 0.3) is 0 Å². The van der Waals surface area contributed by atoms with Crippen LogP contribution in [-0.2, 0) is 0 Å². The van der Waals surface area contributed by atoms with Gasteiger partial charge in [0.1, 0.15) is 0 Å². The van der Waals surface area contributed by atoms with E-state index in [0.717, 1.165) is 18.7 Å². The topological polar surface area (TPSA) is 26.7 Å². The van der Waals surface area contributed by atoms with Gasteiger partial charge in [0.15, 0.2) is 0 Å². The van der Waals surface area contributed by atoms with Crippen molar-refractivity contribution in [3.05, 3.63) is 35.9 Å². The Morgan fingerprint density at radius 1 is 1.11 bits per heavy atom. The van der Waals surface area contributed by atoms with Crippen molar-refractivity contribution in [2.24, 2.45) is 0 Å². The van der Waals surface area contributed by atoms with Gasteiger partial charge >= 0.3 is 0 Å². The molecule has 1 aliphatic heterocycles. The van der Waals surface area contributed by atoms with Gasteiger partial charge in [-0.25, -0.2) is 0 Å². The van der Waals surface area contributed by atoms with Gasteiger partial charge in [0.2, 0.25) is 0 Å². The Morgan fingerprint density at radius 2 is 1.63 bits per heavy atom. The molecule has 0 aliphatic carbocycles. The lowest BCUT2D eigenvalue weighted by atomic mass is 9.99. The van der Waals surface area contributed by atoms with Crippen LogP contribution < -0.4 is 0 Å². The van der Waals surface area contributed by atoms with Crippen LogP contribution in [0.3, 0.4) is 0 Å². The highest BCUT2D eigenvalue weighted by Gasteiger charge is 2.32. The SMILES string of the molecule is CC(C(O)c1ccccc1)N1CC(C)N(C)C(C)C1. The molecule has 3 nitrogen and oxygen atoms in total. The quantitative estimate of drug-likeness (QED) is 0.904. The van der Waals surface area contributed by atoms with Gasteiger partial charge in [0, 0.05) is 31.2 Å². The van der Waals surface area contributed by atoms with E-state index >= 15 is 0 Å². The highest BCUT2D eigenvalue weighted by Crippen LogP contribution is 2.24. The molecule has 2 rings (SSSR count). The normalized spacial score (nSPS) is 29.1. The maximum absolute atomic E-state index is 10.5. The van der Waals surface area contributed by atoms with Crippen LogP contribution in [0.5, 0.6) is 0 Å². The fourth-order valence-electron chi connectivity index (χ4n) is 2.91. The monoisotopic (exact) mass is 262 g/mol. The molecular weight excluding hydrogens is 236 g/mol. The van der Waals surface area contributed by atoms with Crippen LogP contribution in [-0.4, -0.2) is 53.2 Å². The molecule has 1 aromatic carbocycles. The van der Waals surface area contributed by atoms with E-state index in [1.807, 2.05) is 30.3 Å². The predicted octanol–water partition coefficient (Wildman–Crippen LogP) is 2.13. The summed E-state index contributed by atoms with van der Waals surface area (Å²) in [6.45, 7) is 8.68. The van der Waals surface area contributed by atoms with Crippen LogP contribution in [0, 0.1) is 0 Å². The minimum Gasteiger partial charge on any atom is -0.387 e. The molecule has 0 saturated carbocycles. The first-order chi connectivity index (χ1) is 9.00. The van der Waals surface area contributed by atoms with Crippen molar-refractivity contribution in [3.63, 3.8) is 0 Å². The van der Waals surface area contributed by atoms with E-state index in [1.165, 1.54) is 0 Å². The van der Waals surface area contributed by atoms with Crippen molar-refractivity contribution in [3.8, 4) is 0 Å². The van der Waals surface area contributed by atoms with Crippen molar-refractivity contribution in [2.45, 2.75) is 45.0 Å². The minimum absolute atomic E-state index is 0.154. The fraction of sp³-hybridized carbons (Fsp3) is 0.625. The summed E-state index contributed by atoms with van der Waals surface area (Å²) in [4.78, 5) is 4.82. The minimum atomic E-state index is -0.413. The molecule has 4 atom stereocenters. The molecule has 0 aromatic heterocycles. The zero-order valence-corrected chi connectivity index (χ0v) is 12.5. The molecule has 19 heavy (non-hydrogen) atoms.